The zero-order chi connectivity index (χ0) is 21.7. The number of rotatable bonds is 19. The van der Waals surface area contributed by atoms with Crippen molar-refractivity contribution in [1.82, 2.24) is 5.43 Å². The van der Waals surface area contributed by atoms with E-state index in [0.29, 0.717) is 6.42 Å². The molecule has 0 aliphatic rings. The van der Waals surface area contributed by atoms with E-state index < -0.39 is 0 Å². The van der Waals surface area contributed by atoms with Crippen LogP contribution >= 0.6 is 0 Å². The number of nitrogens with zero attached hydrogens (tertiary/aromatic N) is 1. The van der Waals surface area contributed by atoms with Gasteiger partial charge in [0.15, 0.2) is 0 Å². The monoisotopic (exact) mass is 416 g/mol. The second-order valence-corrected chi connectivity index (χ2v) is 8.27. The fourth-order valence-electron chi connectivity index (χ4n) is 3.58. The van der Waals surface area contributed by atoms with Crippen LogP contribution < -0.4 is 10.2 Å². The summed E-state index contributed by atoms with van der Waals surface area (Å²) in [5, 5.41) is 4.02. The van der Waals surface area contributed by atoms with Gasteiger partial charge in [0, 0.05) is 6.42 Å². The fourth-order valence-corrected chi connectivity index (χ4v) is 3.58. The molecule has 0 heterocycles. The van der Waals surface area contributed by atoms with Crippen LogP contribution in [0.2, 0.25) is 0 Å². The van der Waals surface area contributed by atoms with E-state index in [1.807, 2.05) is 24.3 Å². The van der Waals surface area contributed by atoms with Gasteiger partial charge in [-0.1, -0.05) is 96.8 Å². The van der Waals surface area contributed by atoms with Crippen LogP contribution in [0.5, 0.6) is 5.75 Å². The maximum Gasteiger partial charge on any atom is 0.240 e. The Kier molecular flexibility index (Phi) is 16.7. The summed E-state index contributed by atoms with van der Waals surface area (Å²) >= 11 is 0. The molecule has 0 unspecified atom stereocenters. The molecule has 0 saturated heterocycles. The predicted octanol–water partition coefficient (Wildman–Crippen LogP) is 7.41. The summed E-state index contributed by atoms with van der Waals surface area (Å²) in [7, 11) is 1.64. The summed E-state index contributed by atoms with van der Waals surface area (Å²) in [5.41, 5.74) is 3.54. The molecule has 4 nitrogen and oxygen atoms in total. The molecule has 4 heteroatoms. The van der Waals surface area contributed by atoms with Gasteiger partial charge in [-0.15, -0.1) is 0 Å². The number of amides is 1. The van der Waals surface area contributed by atoms with Crippen LogP contribution in [-0.2, 0) is 4.79 Å². The number of hydrogen-bond acceptors (Lipinski definition) is 3. The Balaban J connectivity index is 1.86. The summed E-state index contributed by atoms with van der Waals surface area (Å²) in [6.07, 6.45) is 22.2. The van der Waals surface area contributed by atoms with Gasteiger partial charge < -0.3 is 4.74 Å². The van der Waals surface area contributed by atoms with Crippen LogP contribution in [0.4, 0.5) is 0 Å². The molecule has 0 atom stereocenters. The lowest BCUT2D eigenvalue weighted by molar-refractivity contribution is -0.121. The number of hydrogen-bond donors (Lipinski definition) is 1. The summed E-state index contributed by atoms with van der Waals surface area (Å²) in [5.74, 6) is 0.804. The highest BCUT2D eigenvalue weighted by Crippen LogP contribution is 2.14. The van der Waals surface area contributed by atoms with Crippen molar-refractivity contribution < 1.29 is 9.53 Å². The SMILES string of the molecule is CCCCCCCCCCCCCCCCCC(=O)NN=Cc1ccc(OC)cc1. The molecule has 0 radical (unpaired) electrons. The van der Waals surface area contributed by atoms with E-state index in [2.05, 4.69) is 17.5 Å². The maximum atomic E-state index is 11.8. The van der Waals surface area contributed by atoms with E-state index in [1.165, 1.54) is 83.5 Å². The zero-order valence-corrected chi connectivity index (χ0v) is 19.5. The average Bonchev–Trinajstić information content (AvgIpc) is 2.77. The molecule has 1 N–H and O–H groups in total. The normalized spacial score (nSPS) is 11.1. The van der Waals surface area contributed by atoms with Gasteiger partial charge in [-0.2, -0.15) is 5.10 Å². The number of unbranched alkanes of at least 4 members (excludes halogenated alkanes) is 14. The Labute approximate surface area is 184 Å². The molecule has 0 aliphatic carbocycles. The van der Waals surface area contributed by atoms with Crippen LogP contribution in [0.15, 0.2) is 29.4 Å². The fraction of sp³-hybridized carbons (Fsp3) is 0.692. The second kappa shape index (κ2) is 19.1. The third kappa shape index (κ3) is 15.1. The standard InChI is InChI=1S/C26H44N2O2/c1-3-4-5-6-7-8-9-10-11-12-13-14-15-16-17-18-26(29)28-27-23-24-19-21-25(30-2)22-20-24/h19-23H,3-18H2,1-2H3,(H,28,29). The summed E-state index contributed by atoms with van der Waals surface area (Å²) in [6, 6.07) is 7.56. The van der Waals surface area contributed by atoms with Gasteiger partial charge >= 0.3 is 0 Å². The van der Waals surface area contributed by atoms with Crippen LogP contribution in [0, 0.1) is 0 Å². The minimum atomic E-state index is -0.00513. The number of benzene rings is 1. The van der Waals surface area contributed by atoms with Crippen molar-refractivity contribution in [1.29, 1.82) is 0 Å². The number of ether oxygens (including phenoxy) is 1. The maximum absolute atomic E-state index is 11.8. The highest BCUT2D eigenvalue weighted by Gasteiger charge is 2.00. The first-order chi connectivity index (χ1) is 14.8. The second-order valence-electron chi connectivity index (χ2n) is 8.27. The summed E-state index contributed by atoms with van der Waals surface area (Å²) in [4.78, 5) is 11.8. The lowest BCUT2D eigenvalue weighted by Gasteiger charge is -2.03. The third-order valence-electron chi connectivity index (χ3n) is 5.53. The van der Waals surface area contributed by atoms with Gasteiger partial charge in [0.05, 0.1) is 13.3 Å². The number of carbonyl (C=O) groups excluding carboxylic acids is 1. The zero-order valence-electron chi connectivity index (χ0n) is 19.5. The first kappa shape index (κ1) is 26.2. The Morgan fingerprint density at radius 2 is 1.27 bits per heavy atom. The van der Waals surface area contributed by atoms with E-state index in [9.17, 15) is 4.79 Å². The minimum Gasteiger partial charge on any atom is -0.497 e. The van der Waals surface area contributed by atoms with Crippen molar-refractivity contribution in [3.63, 3.8) is 0 Å². The van der Waals surface area contributed by atoms with E-state index in [-0.39, 0.29) is 5.91 Å². The van der Waals surface area contributed by atoms with Gasteiger partial charge in [-0.25, -0.2) is 5.43 Å². The molecule has 0 aromatic heterocycles. The highest BCUT2D eigenvalue weighted by atomic mass is 16.5. The Hall–Kier alpha value is -1.84. The molecular formula is C26H44N2O2. The van der Waals surface area contributed by atoms with Crippen LogP contribution in [-0.4, -0.2) is 19.2 Å². The molecule has 0 spiro atoms. The lowest BCUT2D eigenvalue weighted by Crippen LogP contribution is -2.16. The molecule has 0 saturated carbocycles. The predicted molar refractivity (Wildman–Crippen MR) is 128 cm³/mol. The summed E-state index contributed by atoms with van der Waals surface area (Å²) in [6.45, 7) is 2.28. The smallest absolute Gasteiger partial charge is 0.240 e. The van der Waals surface area contributed by atoms with Gasteiger partial charge in [-0.05, 0) is 36.2 Å². The van der Waals surface area contributed by atoms with E-state index in [0.717, 1.165) is 24.2 Å². The Morgan fingerprint density at radius 1 is 0.800 bits per heavy atom. The van der Waals surface area contributed by atoms with Crippen molar-refractivity contribution in [3.05, 3.63) is 29.8 Å². The quantitative estimate of drug-likeness (QED) is 0.145. The van der Waals surface area contributed by atoms with E-state index >= 15 is 0 Å². The molecule has 30 heavy (non-hydrogen) atoms. The lowest BCUT2D eigenvalue weighted by atomic mass is 10.0. The van der Waals surface area contributed by atoms with Gasteiger partial charge in [0.25, 0.3) is 0 Å². The van der Waals surface area contributed by atoms with Gasteiger partial charge in [0.2, 0.25) is 5.91 Å². The third-order valence-corrected chi connectivity index (χ3v) is 5.53. The van der Waals surface area contributed by atoms with E-state index in [1.54, 1.807) is 13.3 Å². The van der Waals surface area contributed by atoms with Gasteiger partial charge in [0.1, 0.15) is 5.75 Å². The molecule has 1 amide bonds. The molecule has 1 rings (SSSR count). The minimum absolute atomic E-state index is 0.00513. The largest absolute Gasteiger partial charge is 0.497 e. The molecule has 1 aromatic rings. The molecule has 0 bridgehead atoms. The van der Waals surface area contributed by atoms with Crippen LogP contribution in [0.1, 0.15) is 115 Å². The molecule has 0 fully saturated rings. The van der Waals surface area contributed by atoms with Crippen molar-refractivity contribution in [3.8, 4) is 5.75 Å². The molecule has 0 aliphatic heterocycles. The van der Waals surface area contributed by atoms with Crippen molar-refractivity contribution in [2.75, 3.05) is 7.11 Å². The van der Waals surface area contributed by atoms with Crippen molar-refractivity contribution >= 4 is 12.1 Å². The highest BCUT2D eigenvalue weighted by molar-refractivity contribution is 5.82. The molecule has 1 aromatic carbocycles. The number of nitrogens with one attached hydrogen (secondary N) is 1. The average molecular weight is 417 g/mol. The first-order valence-electron chi connectivity index (χ1n) is 12.2. The Morgan fingerprint density at radius 3 is 1.73 bits per heavy atom. The van der Waals surface area contributed by atoms with E-state index in [4.69, 9.17) is 4.74 Å². The topological polar surface area (TPSA) is 50.7 Å². The van der Waals surface area contributed by atoms with Crippen LogP contribution in [0.3, 0.4) is 0 Å². The van der Waals surface area contributed by atoms with Crippen LogP contribution in [0.25, 0.3) is 0 Å². The van der Waals surface area contributed by atoms with Crippen molar-refractivity contribution in [2.45, 2.75) is 110 Å². The molecule has 170 valence electrons. The number of carbonyl (C=O) groups is 1. The first-order valence-corrected chi connectivity index (χ1v) is 12.2. The number of hydrazone groups is 1. The number of methoxy groups -OCH3 is 1. The Bertz CT molecular complexity index is 555. The van der Waals surface area contributed by atoms with Gasteiger partial charge in [-0.3, -0.25) is 4.79 Å². The van der Waals surface area contributed by atoms with Crippen molar-refractivity contribution in [2.24, 2.45) is 5.10 Å². The summed E-state index contributed by atoms with van der Waals surface area (Å²) < 4.78 is 5.12. The molecular weight excluding hydrogens is 372 g/mol.